The largest absolute Gasteiger partial charge is 0.477 e. The lowest BCUT2D eigenvalue weighted by Crippen LogP contribution is -2.22. The molecule has 0 N–H and O–H groups in total. The van der Waals surface area contributed by atoms with Gasteiger partial charge in [-0.1, -0.05) is 31.4 Å². The van der Waals surface area contributed by atoms with Crippen LogP contribution >= 0.6 is 0 Å². The van der Waals surface area contributed by atoms with Crippen molar-refractivity contribution in [2.75, 3.05) is 6.61 Å². The highest BCUT2D eigenvalue weighted by molar-refractivity contribution is 5.69. The maximum absolute atomic E-state index is 13.6. The topological polar surface area (TPSA) is 82.8 Å². The fourth-order valence-corrected chi connectivity index (χ4v) is 4.71. The van der Waals surface area contributed by atoms with Crippen molar-refractivity contribution < 1.29 is 9.13 Å². The molecule has 36 heavy (non-hydrogen) atoms. The zero-order valence-electron chi connectivity index (χ0n) is 21.1. The minimum absolute atomic E-state index is 0.00287. The van der Waals surface area contributed by atoms with Gasteiger partial charge in [-0.25, -0.2) is 14.4 Å². The summed E-state index contributed by atoms with van der Waals surface area (Å²) in [6.07, 6.45) is 11.0. The third kappa shape index (κ3) is 5.93. The molecule has 0 amide bonds. The number of ether oxygens (including phenoxy) is 1. The standard InChI is InChI=1S/C15H15N5O2.C13H17F/c1-3-22-15-12(16-6-7-17-15)9-20-13(21)5-4-11-14(20)19-10(2)8-18-11;1-10-6-5-9-12(14)13(10)11-7-3-2-4-8-11/h4-8H,3,9H2,1-2H3;5-6,9,11H,2-4,7-8H2,1H3. The van der Waals surface area contributed by atoms with E-state index in [0.29, 0.717) is 35.3 Å². The Labute approximate surface area is 210 Å². The Morgan fingerprint density at radius 1 is 1.03 bits per heavy atom. The average molecular weight is 490 g/mol. The summed E-state index contributed by atoms with van der Waals surface area (Å²) in [6, 6.07) is 8.56. The minimum atomic E-state index is -0.166. The van der Waals surface area contributed by atoms with Crippen molar-refractivity contribution in [2.24, 2.45) is 0 Å². The molecule has 0 radical (unpaired) electrons. The SMILES string of the molecule is CCOc1nccnc1Cn1c(=O)ccc2ncc(C)nc21.Cc1cccc(F)c1C1CCCCC1. The summed E-state index contributed by atoms with van der Waals surface area (Å²) in [5, 5.41) is 0. The summed E-state index contributed by atoms with van der Waals surface area (Å²) in [5.41, 5.74) is 4.45. The van der Waals surface area contributed by atoms with Gasteiger partial charge in [0.15, 0.2) is 5.65 Å². The van der Waals surface area contributed by atoms with Crippen LogP contribution in [0.25, 0.3) is 11.2 Å². The molecule has 0 unspecified atom stereocenters. The zero-order chi connectivity index (χ0) is 25.5. The fourth-order valence-electron chi connectivity index (χ4n) is 4.71. The molecule has 5 rings (SSSR count). The summed E-state index contributed by atoms with van der Waals surface area (Å²) >= 11 is 0. The van der Waals surface area contributed by atoms with Crippen molar-refractivity contribution in [1.82, 2.24) is 24.5 Å². The van der Waals surface area contributed by atoms with Crippen molar-refractivity contribution in [2.45, 2.75) is 65.3 Å². The van der Waals surface area contributed by atoms with E-state index in [1.54, 1.807) is 36.8 Å². The van der Waals surface area contributed by atoms with Crippen LogP contribution in [0.5, 0.6) is 5.88 Å². The van der Waals surface area contributed by atoms with Gasteiger partial charge in [-0.05, 0) is 62.8 Å². The van der Waals surface area contributed by atoms with Crippen LogP contribution in [0.1, 0.15) is 67.5 Å². The lowest BCUT2D eigenvalue weighted by molar-refractivity contribution is 0.319. The van der Waals surface area contributed by atoms with E-state index in [-0.39, 0.29) is 17.9 Å². The van der Waals surface area contributed by atoms with Crippen LogP contribution in [0.4, 0.5) is 4.39 Å². The second-order valence-corrected chi connectivity index (χ2v) is 9.02. The molecule has 1 saturated carbocycles. The van der Waals surface area contributed by atoms with Crippen molar-refractivity contribution in [3.63, 3.8) is 0 Å². The third-order valence-electron chi connectivity index (χ3n) is 6.42. The normalized spacial score (nSPS) is 13.8. The van der Waals surface area contributed by atoms with E-state index in [0.717, 1.165) is 16.8 Å². The van der Waals surface area contributed by atoms with Gasteiger partial charge < -0.3 is 4.74 Å². The van der Waals surface area contributed by atoms with Gasteiger partial charge in [-0.2, -0.15) is 0 Å². The molecule has 3 aromatic heterocycles. The highest BCUT2D eigenvalue weighted by Gasteiger charge is 2.20. The second kappa shape index (κ2) is 11.8. The molecule has 188 valence electrons. The van der Waals surface area contributed by atoms with E-state index in [1.165, 1.54) is 42.7 Å². The van der Waals surface area contributed by atoms with E-state index in [2.05, 4.69) is 19.9 Å². The first-order valence-corrected chi connectivity index (χ1v) is 12.5. The van der Waals surface area contributed by atoms with Gasteiger partial charge in [0.1, 0.15) is 17.0 Å². The lowest BCUT2D eigenvalue weighted by atomic mass is 9.82. The highest BCUT2D eigenvalue weighted by atomic mass is 19.1. The summed E-state index contributed by atoms with van der Waals surface area (Å²) in [6.45, 7) is 6.44. The van der Waals surface area contributed by atoms with Crippen LogP contribution < -0.4 is 10.3 Å². The average Bonchev–Trinajstić information content (AvgIpc) is 2.88. The number of hydrogen-bond acceptors (Lipinski definition) is 6. The molecule has 1 aromatic carbocycles. The predicted octanol–water partition coefficient (Wildman–Crippen LogP) is 5.52. The number of hydrogen-bond donors (Lipinski definition) is 0. The van der Waals surface area contributed by atoms with E-state index < -0.39 is 0 Å². The number of fused-ring (bicyclic) bond motifs is 1. The number of nitrogens with zero attached hydrogens (tertiary/aromatic N) is 5. The third-order valence-corrected chi connectivity index (χ3v) is 6.42. The number of halogens is 1. The fraction of sp³-hybridized carbons (Fsp3) is 0.393. The molecule has 0 aliphatic heterocycles. The number of aromatic nitrogens is 5. The molecule has 0 bridgehead atoms. The van der Waals surface area contributed by atoms with Gasteiger partial charge in [0.25, 0.3) is 5.56 Å². The van der Waals surface area contributed by atoms with Crippen LogP contribution in [-0.2, 0) is 6.54 Å². The first kappa shape index (κ1) is 25.4. The quantitative estimate of drug-likeness (QED) is 0.367. The van der Waals surface area contributed by atoms with Crippen molar-refractivity contribution in [1.29, 1.82) is 0 Å². The number of benzene rings is 1. The van der Waals surface area contributed by atoms with Gasteiger partial charge in [-0.15, -0.1) is 0 Å². The van der Waals surface area contributed by atoms with Crippen LogP contribution in [0.3, 0.4) is 0 Å². The van der Waals surface area contributed by atoms with Gasteiger partial charge in [0.2, 0.25) is 5.88 Å². The predicted molar refractivity (Wildman–Crippen MR) is 138 cm³/mol. The lowest BCUT2D eigenvalue weighted by Gasteiger charge is -2.23. The molecular weight excluding hydrogens is 457 g/mol. The summed E-state index contributed by atoms with van der Waals surface area (Å²) < 4.78 is 20.6. The molecule has 3 heterocycles. The first-order valence-electron chi connectivity index (χ1n) is 12.5. The Balaban J connectivity index is 0.000000187. The second-order valence-electron chi connectivity index (χ2n) is 9.02. The number of aryl methyl sites for hydroxylation is 2. The molecule has 7 nitrogen and oxygen atoms in total. The monoisotopic (exact) mass is 489 g/mol. The molecule has 1 aliphatic rings. The van der Waals surface area contributed by atoms with Gasteiger partial charge in [-0.3, -0.25) is 19.3 Å². The molecule has 0 saturated heterocycles. The maximum atomic E-state index is 13.6. The van der Waals surface area contributed by atoms with Crippen LogP contribution in [0.15, 0.2) is 53.7 Å². The molecule has 4 aromatic rings. The maximum Gasteiger partial charge on any atom is 0.252 e. The molecular formula is C28H32FN5O2. The van der Waals surface area contributed by atoms with Crippen LogP contribution in [-0.4, -0.2) is 31.1 Å². The molecule has 8 heteroatoms. The minimum Gasteiger partial charge on any atom is -0.477 e. The van der Waals surface area contributed by atoms with Crippen LogP contribution in [0, 0.1) is 19.7 Å². The molecule has 1 aliphatic carbocycles. The van der Waals surface area contributed by atoms with Crippen LogP contribution in [0.2, 0.25) is 0 Å². The van der Waals surface area contributed by atoms with Gasteiger partial charge in [0, 0.05) is 24.7 Å². The highest BCUT2D eigenvalue weighted by Crippen LogP contribution is 2.35. The zero-order valence-corrected chi connectivity index (χ0v) is 21.1. The van der Waals surface area contributed by atoms with E-state index >= 15 is 0 Å². The number of rotatable bonds is 5. The smallest absolute Gasteiger partial charge is 0.252 e. The van der Waals surface area contributed by atoms with Crippen molar-refractivity contribution >= 4 is 11.2 Å². The molecule has 0 atom stereocenters. The van der Waals surface area contributed by atoms with E-state index in [9.17, 15) is 9.18 Å². The summed E-state index contributed by atoms with van der Waals surface area (Å²) in [7, 11) is 0. The Hall–Kier alpha value is -3.68. The van der Waals surface area contributed by atoms with Crippen molar-refractivity contribution in [3.8, 4) is 5.88 Å². The van der Waals surface area contributed by atoms with Gasteiger partial charge in [0.05, 0.1) is 18.8 Å². The van der Waals surface area contributed by atoms with Crippen molar-refractivity contribution in [3.05, 3.63) is 87.6 Å². The Bertz CT molecular complexity index is 1360. The Kier molecular flexibility index (Phi) is 8.36. The Morgan fingerprint density at radius 3 is 2.56 bits per heavy atom. The number of pyridine rings is 1. The first-order chi connectivity index (χ1) is 17.5. The molecule has 1 fully saturated rings. The van der Waals surface area contributed by atoms with E-state index in [1.807, 2.05) is 26.8 Å². The van der Waals surface area contributed by atoms with E-state index in [4.69, 9.17) is 4.74 Å². The van der Waals surface area contributed by atoms with Gasteiger partial charge >= 0.3 is 0 Å². The molecule has 0 spiro atoms. The summed E-state index contributed by atoms with van der Waals surface area (Å²) in [5.74, 6) is 0.899. The summed E-state index contributed by atoms with van der Waals surface area (Å²) in [4.78, 5) is 29.4. The Morgan fingerprint density at radius 2 is 1.81 bits per heavy atom.